The minimum absolute atomic E-state index is 0.148. The molecule has 96 valence electrons. The lowest BCUT2D eigenvalue weighted by atomic mass is 9.82. The molecule has 2 heterocycles. The minimum atomic E-state index is -0.148. The summed E-state index contributed by atoms with van der Waals surface area (Å²) in [6.45, 7) is 6.87. The van der Waals surface area contributed by atoms with Gasteiger partial charge in [-0.05, 0) is 30.8 Å². The summed E-state index contributed by atoms with van der Waals surface area (Å²) in [7, 11) is 0. The lowest BCUT2D eigenvalue weighted by Gasteiger charge is -2.25. The number of aromatic nitrogens is 2. The molecule has 1 aliphatic heterocycles. The van der Waals surface area contributed by atoms with E-state index in [-0.39, 0.29) is 5.41 Å². The largest absolute Gasteiger partial charge is 0.338 e. The fraction of sp³-hybridized carbons (Fsp3) is 0.833. The first kappa shape index (κ1) is 12.4. The molecule has 17 heavy (non-hydrogen) atoms. The second kappa shape index (κ2) is 5.04. The Hall–Kier alpha value is -1.10. The Morgan fingerprint density at radius 1 is 1.29 bits per heavy atom. The van der Waals surface area contributed by atoms with Gasteiger partial charge < -0.3 is 15.2 Å². The van der Waals surface area contributed by atoms with E-state index in [0.29, 0.717) is 12.4 Å². The summed E-state index contributed by atoms with van der Waals surface area (Å²) in [6, 6.07) is 0. The van der Waals surface area contributed by atoms with Crippen LogP contribution in [0, 0.1) is 0 Å². The van der Waals surface area contributed by atoms with E-state index in [4.69, 9.17) is 10.3 Å². The van der Waals surface area contributed by atoms with Gasteiger partial charge in [0, 0.05) is 19.6 Å². The monoisotopic (exact) mass is 238 g/mol. The Morgan fingerprint density at radius 3 is 2.47 bits per heavy atom. The van der Waals surface area contributed by atoms with Crippen LogP contribution < -0.4 is 10.6 Å². The topological polar surface area (TPSA) is 68.2 Å². The lowest BCUT2D eigenvalue weighted by Crippen LogP contribution is -2.34. The number of rotatable bonds is 5. The van der Waals surface area contributed by atoms with E-state index in [9.17, 15) is 0 Å². The molecule has 0 spiro atoms. The molecule has 0 atom stereocenters. The smallest absolute Gasteiger partial charge is 0.266 e. The highest BCUT2D eigenvalue weighted by Gasteiger charge is 2.34. The molecule has 5 heteroatoms. The molecule has 0 saturated carbocycles. The number of hydrogen-bond acceptors (Lipinski definition) is 5. The van der Waals surface area contributed by atoms with Gasteiger partial charge in [-0.3, -0.25) is 0 Å². The molecule has 2 rings (SSSR count). The maximum absolute atomic E-state index is 5.88. The highest BCUT2D eigenvalue weighted by molar-refractivity contribution is 5.30. The Labute approximate surface area is 102 Å². The van der Waals surface area contributed by atoms with Gasteiger partial charge in [0.1, 0.15) is 0 Å². The predicted octanol–water partition coefficient (Wildman–Crippen LogP) is 1.69. The molecular formula is C12H22N4O. The number of hydrogen-bond donors (Lipinski definition) is 1. The zero-order chi connectivity index (χ0) is 12.3. The number of nitrogens with two attached hydrogens (primary N) is 1. The molecule has 0 amide bonds. The van der Waals surface area contributed by atoms with E-state index in [1.807, 2.05) is 0 Å². The van der Waals surface area contributed by atoms with Crippen molar-refractivity contribution in [2.24, 2.45) is 5.73 Å². The van der Waals surface area contributed by atoms with Crippen LogP contribution in [0.5, 0.6) is 0 Å². The van der Waals surface area contributed by atoms with Gasteiger partial charge in [-0.1, -0.05) is 13.8 Å². The maximum atomic E-state index is 5.88. The standard InChI is InChI=1S/C12H22N4O/c1-3-12(4-2,9-13)10-14-11(15-17-10)16-7-5-6-8-16/h3-9,13H2,1-2H3. The van der Waals surface area contributed by atoms with Crippen molar-refractivity contribution in [2.45, 2.75) is 44.9 Å². The van der Waals surface area contributed by atoms with Crippen LogP contribution in [-0.4, -0.2) is 29.8 Å². The van der Waals surface area contributed by atoms with Gasteiger partial charge in [0.2, 0.25) is 5.89 Å². The Bertz CT molecular complexity index is 345. The summed E-state index contributed by atoms with van der Waals surface area (Å²) in [4.78, 5) is 6.73. The summed E-state index contributed by atoms with van der Waals surface area (Å²) in [5.41, 5.74) is 5.73. The molecule has 0 aromatic carbocycles. The summed E-state index contributed by atoms with van der Waals surface area (Å²) in [5.74, 6) is 1.43. The summed E-state index contributed by atoms with van der Waals surface area (Å²) >= 11 is 0. The first-order valence-corrected chi connectivity index (χ1v) is 6.55. The zero-order valence-corrected chi connectivity index (χ0v) is 10.8. The van der Waals surface area contributed by atoms with E-state index in [2.05, 4.69) is 28.9 Å². The summed E-state index contributed by atoms with van der Waals surface area (Å²) in [6.07, 6.45) is 4.30. The van der Waals surface area contributed by atoms with Crippen LogP contribution in [-0.2, 0) is 5.41 Å². The van der Waals surface area contributed by atoms with E-state index in [0.717, 1.165) is 31.9 Å². The zero-order valence-electron chi connectivity index (χ0n) is 10.8. The fourth-order valence-corrected chi connectivity index (χ4v) is 2.41. The molecule has 5 nitrogen and oxygen atoms in total. The third-order valence-corrected chi connectivity index (χ3v) is 4.00. The molecule has 2 N–H and O–H groups in total. The van der Waals surface area contributed by atoms with Crippen LogP contribution in [0.15, 0.2) is 4.52 Å². The van der Waals surface area contributed by atoms with Crippen molar-refractivity contribution < 1.29 is 4.52 Å². The van der Waals surface area contributed by atoms with Crippen molar-refractivity contribution in [1.82, 2.24) is 10.1 Å². The quantitative estimate of drug-likeness (QED) is 0.845. The van der Waals surface area contributed by atoms with Crippen molar-refractivity contribution in [2.75, 3.05) is 24.5 Å². The highest BCUT2D eigenvalue weighted by atomic mass is 16.5. The first-order valence-electron chi connectivity index (χ1n) is 6.55. The second-order valence-corrected chi connectivity index (χ2v) is 4.79. The second-order valence-electron chi connectivity index (χ2n) is 4.79. The van der Waals surface area contributed by atoms with E-state index >= 15 is 0 Å². The molecule has 0 bridgehead atoms. The fourth-order valence-electron chi connectivity index (χ4n) is 2.41. The van der Waals surface area contributed by atoms with E-state index < -0.39 is 0 Å². The molecule has 0 unspecified atom stereocenters. The molecule has 1 aliphatic rings. The van der Waals surface area contributed by atoms with Crippen LogP contribution in [0.2, 0.25) is 0 Å². The van der Waals surface area contributed by atoms with Crippen LogP contribution in [0.25, 0.3) is 0 Å². The number of anilines is 1. The van der Waals surface area contributed by atoms with Crippen molar-refractivity contribution in [3.05, 3.63) is 5.89 Å². The van der Waals surface area contributed by atoms with Gasteiger partial charge >= 0.3 is 0 Å². The predicted molar refractivity (Wildman–Crippen MR) is 67.1 cm³/mol. The van der Waals surface area contributed by atoms with Crippen LogP contribution in [0.1, 0.15) is 45.4 Å². The maximum Gasteiger partial charge on any atom is 0.266 e. The molecule has 0 radical (unpaired) electrons. The average molecular weight is 238 g/mol. The van der Waals surface area contributed by atoms with Gasteiger partial charge in [0.25, 0.3) is 5.95 Å². The van der Waals surface area contributed by atoms with E-state index in [1.54, 1.807) is 0 Å². The Balaban J connectivity index is 2.21. The lowest BCUT2D eigenvalue weighted by molar-refractivity contribution is 0.267. The minimum Gasteiger partial charge on any atom is -0.338 e. The number of nitrogens with zero attached hydrogens (tertiary/aromatic N) is 3. The average Bonchev–Trinajstić information content (AvgIpc) is 3.03. The third-order valence-electron chi connectivity index (χ3n) is 4.00. The van der Waals surface area contributed by atoms with Crippen molar-refractivity contribution in [3.8, 4) is 0 Å². The summed E-state index contributed by atoms with van der Waals surface area (Å²) < 4.78 is 5.43. The molecule has 1 aromatic rings. The first-order chi connectivity index (χ1) is 8.25. The van der Waals surface area contributed by atoms with Gasteiger partial charge in [-0.25, -0.2) is 0 Å². The highest BCUT2D eigenvalue weighted by Crippen LogP contribution is 2.30. The van der Waals surface area contributed by atoms with Gasteiger partial charge in [0.05, 0.1) is 5.41 Å². The summed E-state index contributed by atoms with van der Waals surface area (Å²) in [5, 5.41) is 4.09. The molecule has 1 fully saturated rings. The Kier molecular flexibility index (Phi) is 3.66. The van der Waals surface area contributed by atoms with Crippen LogP contribution >= 0.6 is 0 Å². The molecule has 0 aliphatic carbocycles. The van der Waals surface area contributed by atoms with Gasteiger partial charge in [0.15, 0.2) is 0 Å². The van der Waals surface area contributed by atoms with Crippen LogP contribution in [0.4, 0.5) is 5.95 Å². The van der Waals surface area contributed by atoms with Crippen LogP contribution in [0.3, 0.4) is 0 Å². The molecule has 1 saturated heterocycles. The normalized spacial score (nSPS) is 16.8. The van der Waals surface area contributed by atoms with Crippen molar-refractivity contribution in [3.63, 3.8) is 0 Å². The van der Waals surface area contributed by atoms with Crippen molar-refractivity contribution >= 4 is 5.95 Å². The van der Waals surface area contributed by atoms with Crippen molar-refractivity contribution in [1.29, 1.82) is 0 Å². The Morgan fingerprint density at radius 2 is 1.94 bits per heavy atom. The molecule has 1 aromatic heterocycles. The molecular weight excluding hydrogens is 216 g/mol. The van der Waals surface area contributed by atoms with Gasteiger partial charge in [-0.15, -0.1) is 0 Å². The third kappa shape index (κ3) is 2.16. The van der Waals surface area contributed by atoms with Gasteiger partial charge in [-0.2, -0.15) is 4.98 Å². The van der Waals surface area contributed by atoms with E-state index in [1.165, 1.54) is 12.8 Å². The SMILES string of the molecule is CCC(CC)(CN)c1nc(N2CCCC2)no1.